The van der Waals surface area contributed by atoms with Crippen LogP contribution in [0.1, 0.15) is 5.56 Å². The molecular formula is C10H16N2O4S. The van der Waals surface area contributed by atoms with Crippen LogP contribution in [-0.2, 0) is 10.0 Å². The molecule has 7 heteroatoms. The fourth-order valence-electron chi connectivity index (χ4n) is 1.24. The minimum Gasteiger partial charge on any atom is -0.399 e. The molecule has 6 nitrogen and oxygen atoms in total. The molecule has 0 bridgehead atoms. The van der Waals surface area contributed by atoms with Crippen molar-refractivity contribution in [1.82, 2.24) is 4.72 Å². The van der Waals surface area contributed by atoms with Gasteiger partial charge in [0.2, 0.25) is 10.0 Å². The molecule has 0 aliphatic heterocycles. The summed E-state index contributed by atoms with van der Waals surface area (Å²) in [5, 5.41) is 17.7. The molecule has 0 aliphatic carbocycles. The number of aliphatic hydroxyl groups is 2. The van der Waals surface area contributed by atoms with E-state index in [-0.39, 0.29) is 4.90 Å². The van der Waals surface area contributed by atoms with Gasteiger partial charge in [0.25, 0.3) is 0 Å². The third kappa shape index (κ3) is 3.40. The van der Waals surface area contributed by atoms with Crippen LogP contribution in [0.5, 0.6) is 0 Å². The Balaban J connectivity index is 3.01. The van der Waals surface area contributed by atoms with Crippen LogP contribution >= 0.6 is 0 Å². The summed E-state index contributed by atoms with van der Waals surface area (Å²) in [6.07, 6.45) is 0. The van der Waals surface area contributed by atoms with Crippen molar-refractivity contribution in [3.63, 3.8) is 0 Å². The topological polar surface area (TPSA) is 113 Å². The van der Waals surface area contributed by atoms with Gasteiger partial charge in [0.1, 0.15) is 0 Å². The fourth-order valence-corrected chi connectivity index (χ4v) is 2.54. The standard InChI is InChI=1S/C10H16N2O4S/c1-7-4-9(2-3-10(7)11)17(15,16)12-8(5-13)6-14/h2-4,8,12-14H,5-6,11H2,1H3. The highest BCUT2D eigenvalue weighted by Crippen LogP contribution is 2.16. The summed E-state index contributed by atoms with van der Waals surface area (Å²) in [5.41, 5.74) is 6.75. The zero-order valence-electron chi connectivity index (χ0n) is 9.42. The lowest BCUT2D eigenvalue weighted by Gasteiger charge is -2.14. The average Bonchev–Trinajstić information content (AvgIpc) is 2.29. The SMILES string of the molecule is Cc1cc(S(=O)(=O)NC(CO)CO)ccc1N. The smallest absolute Gasteiger partial charge is 0.240 e. The number of nitrogens with two attached hydrogens (primary N) is 1. The largest absolute Gasteiger partial charge is 0.399 e. The molecule has 0 heterocycles. The second-order valence-corrected chi connectivity index (χ2v) is 5.42. The molecule has 17 heavy (non-hydrogen) atoms. The van der Waals surface area contributed by atoms with Gasteiger partial charge in [0.15, 0.2) is 0 Å². The van der Waals surface area contributed by atoms with Crippen molar-refractivity contribution in [3.05, 3.63) is 23.8 Å². The quantitative estimate of drug-likeness (QED) is 0.518. The average molecular weight is 260 g/mol. The van der Waals surface area contributed by atoms with Crippen molar-refractivity contribution < 1.29 is 18.6 Å². The number of aliphatic hydroxyl groups excluding tert-OH is 2. The molecule has 0 fully saturated rings. The first-order valence-electron chi connectivity index (χ1n) is 5.01. The zero-order valence-corrected chi connectivity index (χ0v) is 10.2. The second-order valence-electron chi connectivity index (χ2n) is 3.70. The number of benzene rings is 1. The first-order chi connectivity index (χ1) is 7.90. The fraction of sp³-hybridized carbons (Fsp3) is 0.400. The summed E-state index contributed by atoms with van der Waals surface area (Å²) in [6.45, 7) is 0.761. The number of aryl methyl sites for hydroxylation is 1. The lowest BCUT2D eigenvalue weighted by atomic mass is 10.2. The second kappa shape index (κ2) is 5.46. The molecule has 0 saturated carbocycles. The van der Waals surface area contributed by atoms with E-state index in [9.17, 15) is 8.42 Å². The van der Waals surface area contributed by atoms with Crippen LogP contribution in [0.2, 0.25) is 0 Å². The summed E-state index contributed by atoms with van der Waals surface area (Å²) in [5.74, 6) is 0. The van der Waals surface area contributed by atoms with Crippen LogP contribution in [0.3, 0.4) is 0 Å². The van der Waals surface area contributed by atoms with Crippen molar-refractivity contribution in [2.45, 2.75) is 17.9 Å². The number of hydrogen-bond acceptors (Lipinski definition) is 5. The summed E-state index contributed by atoms with van der Waals surface area (Å²) in [6, 6.07) is 3.40. The van der Waals surface area contributed by atoms with Gasteiger partial charge < -0.3 is 15.9 Å². The van der Waals surface area contributed by atoms with Crippen molar-refractivity contribution in [2.75, 3.05) is 18.9 Å². The minimum absolute atomic E-state index is 0.0519. The molecule has 0 aromatic heterocycles. The van der Waals surface area contributed by atoms with E-state index >= 15 is 0 Å². The lowest BCUT2D eigenvalue weighted by molar-refractivity contribution is 0.185. The molecule has 96 valence electrons. The Hall–Kier alpha value is -1.15. The predicted molar refractivity (Wildman–Crippen MR) is 63.9 cm³/mol. The van der Waals surface area contributed by atoms with Crippen LogP contribution in [0.15, 0.2) is 23.1 Å². The van der Waals surface area contributed by atoms with E-state index in [0.29, 0.717) is 11.3 Å². The van der Waals surface area contributed by atoms with E-state index in [4.69, 9.17) is 15.9 Å². The lowest BCUT2D eigenvalue weighted by Crippen LogP contribution is -2.40. The molecule has 1 rings (SSSR count). The van der Waals surface area contributed by atoms with E-state index in [1.165, 1.54) is 18.2 Å². The monoisotopic (exact) mass is 260 g/mol. The molecule has 0 spiro atoms. The van der Waals surface area contributed by atoms with Gasteiger partial charge in [-0.15, -0.1) is 0 Å². The predicted octanol–water partition coefficient (Wildman–Crippen LogP) is -0.791. The minimum atomic E-state index is -3.75. The van der Waals surface area contributed by atoms with Gasteiger partial charge in [-0.1, -0.05) is 0 Å². The van der Waals surface area contributed by atoms with Gasteiger partial charge in [-0.25, -0.2) is 13.1 Å². The Bertz CT molecular complexity index is 483. The van der Waals surface area contributed by atoms with Gasteiger partial charge in [-0.3, -0.25) is 0 Å². The highest BCUT2D eigenvalue weighted by atomic mass is 32.2. The van der Waals surface area contributed by atoms with E-state index in [2.05, 4.69) is 4.72 Å². The maximum Gasteiger partial charge on any atom is 0.240 e. The highest BCUT2D eigenvalue weighted by Gasteiger charge is 2.19. The Labute approximate surface area is 100 Å². The maximum atomic E-state index is 11.8. The number of anilines is 1. The van der Waals surface area contributed by atoms with Crippen LogP contribution in [0.4, 0.5) is 5.69 Å². The van der Waals surface area contributed by atoms with Crippen molar-refractivity contribution in [2.24, 2.45) is 0 Å². The molecule has 0 unspecified atom stereocenters. The van der Waals surface area contributed by atoms with Crippen molar-refractivity contribution >= 4 is 15.7 Å². The highest BCUT2D eigenvalue weighted by molar-refractivity contribution is 7.89. The third-order valence-corrected chi connectivity index (χ3v) is 3.83. The van der Waals surface area contributed by atoms with E-state index in [1.54, 1.807) is 6.92 Å². The summed E-state index contributed by atoms with van der Waals surface area (Å²) >= 11 is 0. The first kappa shape index (κ1) is 13.9. The Morgan fingerprint density at radius 3 is 2.41 bits per heavy atom. The Morgan fingerprint density at radius 1 is 1.35 bits per heavy atom. The molecule has 0 aliphatic rings. The van der Waals surface area contributed by atoms with Crippen LogP contribution in [-0.4, -0.2) is 37.9 Å². The Morgan fingerprint density at radius 2 is 1.94 bits per heavy atom. The number of nitrogen functional groups attached to an aromatic ring is 1. The molecule has 0 amide bonds. The number of sulfonamides is 1. The van der Waals surface area contributed by atoms with Gasteiger partial charge in [-0.05, 0) is 30.7 Å². The summed E-state index contributed by atoms with van der Waals surface area (Å²) in [7, 11) is -3.75. The molecule has 0 atom stereocenters. The van der Waals surface area contributed by atoms with Gasteiger partial charge >= 0.3 is 0 Å². The van der Waals surface area contributed by atoms with Crippen LogP contribution in [0.25, 0.3) is 0 Å². The van der Waals surface area contributed by atoms with Crippen LogP contribution < -0.4 is 10.5 Å². The molecule has 1 aromatic rings. The molecule has 1 aromatic carbocycles. The Kier molecular flexibility index (Phi) is 4.47. The van der Waals surface area contributed by atoms with Crippen LogP contribution in [0, 0.1) is 6.92 Å². The van der Waals surface area contributed by atoms with E-state index in [1.807, 2.05) is 0 Å². The first-order valence-corrected chi connectivity index (χ1v) is 6.49. The summed E-state index contributed by atoms with van der Waals surface area (Å²) < 4.78 is 25.9. The molecular weight excluding hydrogens is 244 g/mol. The van der Waals surface area contributed by atoms with Crippen molar-refractivity contribution in [1.29, 1.82) is 0 Å². The van der Waals surface area contributed by atoms with Gasteiger partial charge in [0.05, 0.1) is 24.2 Å². The maximum absolute atomic E-state index is 11.8. The summed E-state index contributed by atoms with van der Waals surface area (Å²) in [4.78, 5) is 0.0519. The normalized spacial score (nSPS) is 12.0. The molecule has 5 N–H and O–H groups in total. The van der Waals surface area contributed by atoms with Crippen molar-refractivity contribution in [3.8, 4) is 0 Å². The number of rotatable bonds is 5. The van der Waals surface area contributed by atoms with E-state index < -0.39 is 29.3 Å². The molecule has 0 radical (unpaired) electrons. The third-order valence-electron chi connectivity index (χ3n) is 2.31. The van der Waals surface area contributed by atoms with Gasteiger partial charge in [-0.2, -0.15) is 0 Å². The number of hydrogen-bond donors (Lipinski definition) is 4. The number of nitrogens with one attached hydrogen (secondary N) is 1. The van der Waals surface area contributed by atoms with E-state index in [0.717, 1.165) is 0 Å². The zero-order chi connectivity index (χ0) is 13.1. The van der Waals surface area contributed by atoms with Gasteiger partial charge in [0, 0.05) is 5.69 Å². The molecule has 0 saturated heterocycles.